The average Bonchev–Trinajstić information content (AvgIpc) is 2.89. The van der Waals surface area contributed by atoms with Crippen molar-refractivity contribution in [2.45, 2.75) is 32.9 Å². The fourth-order valence-electron chi connectivity index (χ4n) is 1.99. The first-order chi connectivity index (χ1) is 10.8. The number of carbonyl (C=O) groups is 2. The maximum Gasteiger partial charge on any atom is 0.407 e. The van der Waals surface area contributed by atoms with Crippen molar-refractivity contribution in [2.24, 2.45) is 0 Å². The van der Waals surface area contributed by atoms with E-state index in [4.69, 9.17) is 17.0 Å². The Kier molecular flexibility index (Phi) is 5.64. The lowest BCUT2D eigenvalue weighted by Crippen LogP contribution is -2.32. The number of alkyl carbamates (subject to hydrolysis) is 1. The number of thioether (sulfide) groups is 1. The SMILES string of the molecule is CC(C)(C)OC(=O)NCc1ccc(C(=O)N2CCSC2=S)cc1. The fraction of sp³-hybridized carbons (Fsp3) is 0.438. The molecule has 0 aliphatic carbocycles. The highest BCUT2D eigenvalue weighted by molar-refractivity contribution is 8.23. The van der Waals surface area contributed by atoms with Crippen LogP contribution < -0.4 is 5.32 Å². The van der Waals surface area contributed by atoms with Crippen LogP contribution in [0.3, 0.4) is 0 Å². The molecule has 2 rings (SSSR count). The molecule has 124 valence electrons. The fourth-order valence-corrected chi connectivity index (χ4v) is 3.19. The Labute approximate surface area is 145 Å². The van der Waals surface area contributed by atoms with Crippen molar-refractivity contribution in [3.63, 3.8) is 0 Å². The minimum atomic E-state index is -0.521. The smallest absolute Gasteiger partial charge is 0.407 e. The molecule has 1 aliphatic rings. The third kappa shape index (κ3) is 5.21. The van der Waals surface area contributed by atoms with E-state index in [1.165, 1.54) is 11.8 Å². The summed E-state index contributed by atoms with van der Waals surface area (Å²) in [6.07, 6.45) is -0.461. The highest BCUT2D eigenvalue weighted by Gasteiger charge is 2.24. The van der Waals surface area contributed by atoms with E-state index in [0.717, 1.165) is 11.3 Å². The average molecular weight is 352 g/mol. The van der Waals surface area contributed by atoms with E-state index in [1.807, 2.05) is 32.9 Å². The van der Waals surface area contributed by atoms with Crippen LogP contribution in [0.5, 0.6) is 0 Å². The molecular formula is C16H20N2O3S2. The number of hydrogen-bond acceptors (Lipinski definition) is 5. The van der Waals surface area contributed by atoms with Crippen molar-refractivity contribution >= 4 is 40.3 Å². The second kappa shape index (κ2) is 7.31. The van der Waals surface area contributed by atoms with Gasteiger partial charge < -0.3 is 10.1 Å². The first kappa shape index (κ1) is 17.7. The topological polar surface area (TPSA) is 58.6 Å². The number of nitrogens with zero attached hydrogens (tertiary/aromatic N) is 1. The molecule has 0 saturated carbocycles. The van der Waals surface area contributed by atoms with Gasteiger partial charge in [-0.2, -0.15) is 0 Å². The normalized spacial score (nSPS) is 14.7. The number of amides is 2. The van der Waals surface area contributed by atoms with E-state index in [1.54, 1.807) is 17.0 Å². The second-order valence-corrected chi connectivity index (χ2v) is 7.85. The van der Waals surface area contributed by atoms with Crippen molar-refractivity contribution in [3.05, 3.63) is 35.4 Å². The van der Waals surface area contributed by atoms with Crippen LogP contribution in [0.15, 0.2) is 24.3 Å². The van der Waals surface area contributed by atoms with Gasteiger partial charge in [0.15, 0.2) is 0 Å². The highest BCUT2D eigenvalue weighted by Crippen LogP contribution is 2.20. The Morgan fingerprint density at radius 2 is 1.96 bits per heavy atom. The van der Waals surface area contributed by atoms with Crippen LogP contribution in [-0.2, 0) is 11.3 Å². The third-order valence-corrected chi connectivity index (χ3v) is 4.47. The van der Waals surface area contributed by atoms with Crippen LogP contribution in [0.25, 0.3) is 0 Å². The molecule has 1 heterocycles. The molecule has 1 N–H and O–H groups in total. The van der Waals surface area contributed by atoms with Crippen LogP contribution in [-0.4, -0.2) is 39.1 Å². The molecular weight excluding hydrogens is 332 g/mol. The van der Waals surface area contributed by atoms with E-state index in [2.05, 4.69) is 5.32 Å². The van der Waals surface area contributed by atoms with Crippen molar-refractivity contribution < 1.29 is 14.3 Å². The number of ether oxygens (including phenoxy) is 1. The Hall–Kier alpha value is -1.60. The molecule has 1 saturated heterocycles. The van der Waals surface area contributed by atoms with Crippen molar-refractivity contribution in [1.82, 2.24) is 10.2 Å². The molecule has 1 aromatic carbocycles. The summed E-state index contributed by atoms with van der Waals surface area (Å²) < 4.78 is 5.80. The van der Waals surface area contributed by atoms with Gasteiger partial charge in [-0.15, -0.1) is 0 Å². The van der Waals surface area contributed by atoms with Gasteiger partial charge in [-0.05, 0) is 38.5 Å². The third-order valence-electron chi connectivity index (χ3n) is 3.04. The van der Waals surface area contributed by atoms with Gasteiger partial charge in [-0.3, -0.25) is 9.69 Å². The summed E-state index contributed by atoms with van der Waals surface area (Å²) in [6.45, 7) is 6.45. The van der Waals surface area contributed by atoms with Crippen molar-refractivity contribution in [3.8, 4) is 0 Å². The van der Waals surface area contributed by atoms with E-state index < -0.39 is 11.7 Å². The second-order valence-electron chi connectivity index (χ2n) is 6.12. The molecule has 7 heteroatoms. The predicted octanol–water partition coefficient (Wildman–Crippen LogP) is 3.19. The summed E-state index contributed by atoms with van der Waals surface area (Å²) in [7, 11) is 0. The van der Waals surface area contributed by atoms with Crippen LogP contribution in [0.4, 0.5) is 4.79 Å². The summed E-state index contributed by atoms with van der Waals surface area (Å²) in [5.74, 6) is 0.772. The lowest BCUT2D eigenvalue weighted by Gasteiger charge is -2.19. The van der Waals surface area contributed by atoms with E-state index in [0.29, 0.717) is 23.0 Å². The first-order valence-corrected chi connectivity index (χ1v) is 8.70. The molecule has 23 heavy (non-hydrogen) atoms. The zero-order chi connectivity index (χ0) is 17.0. The standard InChI is InChI=1S/C16H20N2O3S2/c1-16(2,3)21-14(20)17-10-11-4-6-12(7-5-11)13(19)18-8-9-23-15(18)22/h4-7H,8-10H2,1-3H3,(H,17,20). The molecule has 0 aromatic heterocycles. The van der Waals surface area contributed by atoms with Gasteiger partial charge in [-0.1, -0.05) is 36.1 Å². The predicted molar refractivity (Wildman–Crippen MR) is 95.6 cm³/mol. The Balaban J connectivity index is 1.91. The first-order valence-electron chi connectivity index (χ1n) is 7.31. The Morgan fingerprint density at radius 3 is 2.48 bits per heavy atom. The zero-order valence-corrected chi connectivity index (χ0v) is 15.1. The molecule has 1 fully saturated rings. The van der Waals surface area contributed by atoms with Gasteiger partial charge >= 0.3 is 6.09 Å². The van der Waals surface area contributed by atoms with E-state index in [9.17, 15) is 9.59 Å². The monoisotopic (exact) mass is 352 g/mol. The molecule has 1 aromatic rings. The summed E-state index contributed by atoms with van der Waals surface area (Å²) in [5.41, 5.74) is 0.966. The number of thiocarbonyl (C=S) groups is 1. The summed E-state index contributed by atoms with van der Waals surface area (Å²) in [4.78, 5) is 25.6. The van der Waals surface area contributed by atoms with E-state index in [-0.39, 0.29) is 5.91 Å². The van der Waals surface area contributed by atoms with Gasteiger partial charge in [0, 0.05) is 24.4 Å². The Bertz CT molecular complexity index is 609. The lowest BCUT2D eigenvalue weighted by molar-refractivity contribution is 0.0523. The van der Waals surface area contributed by atoms with Gasteiger partial charge in [0.25, 0.3) is 5.91 Å². The van der Waals surface area contributed by atoms with Crippen LogP contribution >= 0.6 is 24.0 Å². The van der Waals surface area contributed by atoms with Crippen molar-refractivity contribution in [2.75, 3.05) is 12.3 Å². The maximum absolute atomic E-state index is 12.3. The van der Waals surface area contributed by atoms with E-state index >= 15 is 0 Å². The summed E-state index contributed by atoms with van der Waals surface area (Å²) >= 11 is 6.69. The molecule has 0 radical (unpaired) electrons. The number of benzene rings is 1. The minimum absolute atomic E-state index is 0.0772. The van der Waals surface area contributed by atoms with Gasteiger partial charge in [0.05, 0.1) is 0 Å². The van der Waals surface area contributed by atoms with Gasteiger partial charge in [-0.25, -0.2) is 4.79 Å². The zero-order valence-electron chi connectivity index (χ0n) is 13.4. The number of nitrogens with one attached hydrogen (secondary N) is 1. The molecule has 0 unspecified atom stereocenters. The molecule has 0 atom stereocenters. The Morgan fingerprint density at radius 1 is 1.30 bits per heavy atom. The van der Waals surface area contributed by atoms with Crippen LogP contribution in [0.2, 0.25) is 0 Å². The quantitative estimate of drug-likeness (QED) is 0.847. The number of hydrogen-bond donors (Lipinski definition) is 1. The van der Waals surface area contributed by atoms with Gasteiger partial charge in [0.2, 0.25) is 0 Å². The minimum Gasteiger partial charge on any atom is -0.444 e. The van der Waals surface area contributed by atoms with Gasteiger partial charge in [0.1, 0.15) is 9.92 Å². The molecule has 5 nitrogen and oxygen atoms in total. The molecule has 0 spiro atoms. The number of rotatable bonds is 3. The van der Waals surface area contributed by atoms with Crippen LogP contribution in [0.1, 0.15) is 36.7 Å². The highest BCUT2D eigenvalue weighted by atomic mass is 32.2. The molecule has 1 aliphatic heterocycles. The summed E-state index contributed by atoms with van der Waals surface area (Å²) in [5, 5.41) is 2.69. The summed E-state index contributed by atoms with van der Waals surface area (Å²) in [6, 6.07) is 7.13. The van der Waals surface area contributed by atoms with Crippen LogP contribution in [0, 0.1) is 0 Å². The number of carbonyl (C=O) groups excluding carboxylic acids is 2. The lowest BCUT2D eigenvalue weighted by atomic mass is 10.1. The molecule has 0 bridgehead atoms. The van der Waals surface area contributed by atoms with Crippen molar-refractivity contribution in [1.29, 1.82) is 0 Å². The largest absolute Gasteiger partial charge is 0.444 e. The maximum atomic E-state index is 12.3. The molecule has 2 amide bonds.